The quantitative estimate of drug-likeness (QED) is 0.727. The zero-order valence-electron chi connectivity index (χ0n) is 13.1. The van der Waals surface area contributed by atoms with E-state index in [0.29, 0.717) is 6.42 Å². The fraction of sp³-hybridized carbons (Fsp3) is 0.438. The van der Waals surface area contributed by atoms with E-state index >= 15 is 0 Å². The van der Waals surface area contributed by atoms with Gasteiger partial charge < -0.3 is 20.4 Å². The van der Waals surface area contributed by atoms with E-state index in [9.17, 15) is 4.79 Å². The highest BCUT2D eigenvalue weighted by atomic mass is 16.4. The van der Waals surface area contributed by atoms with Crippen LogP contribution in [0.5, 0.6) is 0 Å². The Balaban J connectivity index is 0.000000379. The van der Waals surface area contributed by atoms with E-state index in [0.717, 1.165) is 25.3 Å². The minimum atomic E-state index is -1.82. The summed E-state index contributed by atoms with van der Waals surface area (Å²) >= 11 is 0. The summed E-state index contributed by atoms with van der Waals surface area (Å²) in [6, 6.07) is 7.92. The monoisotopic (exact) mass is 322 g/mol. The van der Waals surface area contributed by atoms with Crippen molar-refractivity contribution in [3.8, 4) is 0 Å². The van der Waals surface area contributed by atoms with Crippen LogP contribution in [-0.4, -0.2) is 52.6 Å². The second-order valence-electron chi connectivity index (χ2n) is 5.33. The average molecular weight is 322 g/mol. The van der Waals surface area contributed by atoms with E-state index in [2.05, 4.69) is 10.2 Å². The molecule has 2 rings (SSSR count). The summed E-state index contributed by atoms with van der Waals surface area (Å²) in [5, 5.41) is 17.7. The number of likely N-dealkylation sites (tertiary alicyclic amines) is 1. The molecule has 0 bridgehead atoms. The predicted octanol–water partition coefficient (Wildman–Crippen LogP) is 1.58. The molecule has 7 nitrogen and oxygen atoms in total. The number of aliphatic carboxylic acids is 2. The van der Waals surface area contributed by atoms with E-state index in [-0.39, 0.29) is 5.91 Å². The third-order valence-electron chi connectivity index (χ3n) is 3.34. The van der Waals surface area contributed by atoms with Gasteiger partial charge in [0.2, 0.25) is 5.91 Å². The van der Waals surface area contributed by atoms with Gasteiger partial charge in [-0.1, -0.05) is 12.1 Å². The Morgan fingerprint density at radius 3 is 2.26 bits per heavy atom. The van der Waals surface area contributed by atoms with Gasteiger partial charge in [0, 0.05) is 18.7 Å². The second kappa shape index (κ2) is 9.58. The summed E-state index contributed by atoms with van der Waals surface area (Å²) in [4.78, 5) is 32.3. The molecule has 3 N–H and O–H groups in total. The highest BCUT2D eigenvalue weighted by molar-refractivity contribution is 6.27. The van der Waals surface area contributed by atoms with Gasteiger partial charge in [-0.15, -0.1) is 0 Å². The van der Waals surface area contributed by atoms with Crippen LogP contribution < -0.4 is 5.32 Å². The van der Waals surface area contributed by atoms with E-state index < -0.39 is 11.9 Å². The molecule has 1 fully saturated rings. The Kier molecular flexibility index (Phi) is 7.76. The van der Waals surface area contributed by atoms with Crippen LogP contribution in [0.3, 0.4) is 0 Å². The van der Waals surface area contributed by atoms with Crippen LogP contribution in [0.25, 0.3) is 0 Å². The molecule has 1 amide bonds. The van der Waals surface area contributed by atoms with Crippen LogP contribution in [0.1, 0.15) is 24.8 Å². The highest BCUT2D eigenvalue weighted by Crippen LogP contribution is 2.11. The fourth-order valence-corrected chi connectivity index (χ4v) is 2.21. The first kappa shape index (κ1) is 18.6. The lowest BCUT2D eigenvalue weighted by Crippen LogP contribution is -2.25. The van der Waals surface area contributed by atoms with E-state index in [1.807, 2.05) is 31.2 Å². The Morgan fingerprint density at radius 2 is 1.74 bits per heavy atom. The summed E-state index contributed by atoms with van der Waals surface area (Å²) in [7, 11) is 0. The lowest BCUT2D eigenvalue weighted by atomic mass is 10.2. The van der Waals surface area contributed by atoms with Crippen molar-refractivity contribution in [3.63, 3.8) is 0 Å². The molecule has 0 saturated carbocycles. The maximum atomic E-state index is 11.7. The average Bonchev–Trinajstić information content (AvgIpc) is 2.99. The molecule has 1 aromatic carbocycles. The molecule has 0 aliphatic carbocycles. The molecular weight excluding hydrogens is 300 g/mol. The topological polar surface area (TPSA) is 107 Å². The number of carbonyl (C=O) groups excluding carboxylic acids is 1. The molecule has 23 heavy (non-hydrogen) atoms. The van der Waals surface area contributed by atoms with Crippen molar-refractivity contribution in [1.29, 1.82) is 0 Å². The van der Waals surface area contributed by atoms with Crippen molar-refractivity contribution in [2.45, 2.75) is 26.2 Å². The fourth-order valence-electron chi connectivity index (χ4n) is 2.21. The minimum Gasteiger partial charge on any atom is -0.473 e. The van der Waals surface area contributed by atoms with Gasteiger partial charge in [-0.3, -0.25) is 4.79 Å². The molecule has 1 saturated heterocycles. The highest BCUT2D eigenvalue weighted by Gasteiger charge is 2.12. The van der Waals surface area contributed by atoms with Crippen molar-refractivity contribution in [2.75, 3.05) is 25.0 Å². The molecule has 0 unspecified atom stereocenters. The van der Waals surface area contributed by atoms with Gasteiger partial charge in [0.1, 0.15) is 0 Å². The summed E-state index contributed by atoms with van der Waals surface area (Å²) < 4.78 is 0. The Labute approximate surface area is 134 Å². The summed E-state index contributed by atoms with van der Waals surface area (Å²) in [5.41, 5.74) is 2.07. The molecule has 7 heteroatoms. The molecule has 126 valence electrons. The molecule has 0 aromatic heterocycles. The van der Waals surface area contributed by atoms with Crippen LogP contribution in [0, 0.1) is 6.92 Å². The van der Waals surface area contributed by atoms with Crippen molar-refractivity contribution in [3.05, 3.63) is 29.8 Å². The van der Waals surface area contributed by atoms with Crippen LogP contribution in [-0.2, 0) is 14.4 Å². The molecular formula is C16H22N2O5. The van der Waals surface area contributed by atoms with Crippen molar-refractivity contribution < 1.29 is 24.6 Å². The molecule has 1 aliphatic heterocycles. The molecule has 0 atom stereocenters. The van der Waals surface area contributed by atoms with E-state index in [1.54, 1.807) is 0 Å². The number of amides is 1. The summed E-state index contributed by atoms with van der Waals surface area (Å²) in [6.45, 7) is 5.22. The number of carboxylic acids is 2. The van der Waals surface area contributed by atoms with E-state index in [4.69, 9.17) is 19.8 Å². The number of nitrogens with one attached hydrogen (secondary N) is 1. The first-order chi connectivity index (χ1) is 10.9. The SMILES string of the molecule is Cc1cccc(NC(=O)CCN2CCCC2)c1.O=C(O)C(=O)O. The van der Waals surface area contributed by atoms with Crippen molar-refractivity contribution in [1.82, 2.24) is 4.90 Å². The van der Waals surface area contributed by atoms with Gasteiger partial charge in [0.05, 0.1) is 0 Å². The number of aryl methyl sites for hydroxylation is 1. The number of anilines is 1. The zero-order valence-corrected chi connectivity index (χ0v) is 13.1. The third-order valence-corrected chi connectivity index (χ3v) is 3.34. The van der Waals surface area contributed by atoms with Gasteiger partial charge in [-0.2, -0.15) is 0 Å². The molecule has 1 aliphatic rings. The number of rotatable bonds is 4. The summed E-state index contributed by atoms with van der Waals surface area (Å²) in [5.74, 6) is -3.53. The van der Waals surface area contributed by atoms with Crippen LogP contribution in [0.2, 0.25) is 0 Å². The van der Waals surface area contributed by atoms with Gasteiger partial charge in [0.25, 0.3) is 0 Å². The molecule has 0 spiro atoms. The first-order valence-corrected chi connectivity index (χ1v) is 7.43. The lowest BCUT2D eigenvalue weighted by molar-refractivity contribution is -0.159. The number of hydrogen-bond acceptors (Lipinski definition) is 4. The second-order valence-corrected chi connectivity index (χ2v) is 5.33. The molecule has 1 aromatic rings. The summed E-state index contributed by atoms with van der Waals surface area (Å²) in [6.07, 6.45) is 3.15. The van der Waals surface area contributed by atoms with Crippen LogP contribution >= 0.6 is 0 Å². The van der Waals surface area contributed by atoms with Gasteiger partial charge in [-0.05, 0) is 50.6 Å². The smallest absolute Gasteiger partial charge is 0.414 e. The van der Waals surface area contributed by atoms with Crippen LogP contribution in [0.15, 0.2) is 24.3 Å². The standard InChI is InChI=1S/C14H20N2O.C2H2O4/c1-12-5-4-6-13(11-12)15-14(17)7-10-16-8-2-3-9-16;3-1(4)2(5)6/h4-6,11H,2-3,7-10H2,1H3,(H,15,17);(H,3,4)(H,5,6). The largest absolute Gasteiger partial charge is 0.473 e. The third kappa shape index (κ3) is 7.96. The van der Waals surface area contributed by atoms with Gasteiger partial charge in [-0.25, -0.2) is 9.59 Å². The number of benzene rings is 1. The zero-order chi connectivity index (χ0) is 17.2. The first-order valence-electron chi connectivity index (χ1n) is 7.43. The van der Waals surface area contributed by atoms with Crippen molar-refractivity contribution in [2.24, 2.45) is 0 Å². The number of hydrogen-bond donors (Lipinski definition) is 3. The van der Waals surface area contributed by atoms with Gasteiger partial charge >= 0.3 is 11.9 Å². The number of carbonyl (C=O) groups is 3. The predicted molar refractivity (Wildman–Crippen MR) is 85.4 cm³/mol. The number of carboxylic acid groups (broad SMARTS) is 2. The Bertz CT molecular complexity index is 541. The maximum Gasteiger partial charge on any atom is 0.414 e. The molecule has 0 radical (unpaired) electrons. The van der Waals surface area contributed by atoms with Crippen LogP contribution in [0.4, 0.5) is 5.69 Å². The number of nitrogens with zero attached hydrogens (tertiary/aromatic N) is 1. The Hall–Kier alpha value is -2.41. The van der Waals surface area contributed by atoms with Gasteiger partial charge in [0.15, 0.2) is 0 Å². The lowest BCUT2D eigenvalue weighted by Gasteiger charge is -2.14. The van der Waals surface area contributed by atoms with E-state index in [1.165, 1.54) is 18.4 Å². The minimum absolute atomic E-state index is 0.113. The Morgan fingerprint density at radius 1 is 1.13 bits per heavy atom. The van der Waals surface area contributed by atoms with Crippen molar-refractivity contribution >= 4 is 23.5 Å². The maximum absolute atomic E-state index is 11.7. The molecule has 1 heterocycles. The normalized spacial score (nSPS) is 13.8.